The predicted molar refractivity (Wildman–Crippen MR) is 96.2 cm³/mol. The maximum atomic E-state index is 12.1. The van der Waals surface area contributed by atoms with E-state index in [1.165, 1.54) is 0 Å². The topological polar surface area (TPSA) is 56.8 Å². The lowest BCUT2D eigenvalue weighted by Crippen LogP contribution is -2.21. The third kappa shape index (κ3) is 5.22. The van der Waals surface area contributed by atoms with Gasteiger partial charge in [-0.2, -0.15) is 0 Å². The molecule has 0 saturated carbocycles. The smallest absolute Gasteiger partial charge is 0.262 e. The second-order valence-corrected chi connectivity index (χ2v) is 6.09. The van der Waals surface area contributed by atoms with Crippen LogP contribution in [0.3, 0.4) is 0 Å². The summed E-state index contributed by atoms with van der Waals surface area (Å²) < 4.78 is 16.9. The fraction of sp³-hybridized carbons (Fsp3) is 0.350. The molecule has 2 aromatic carbocycles. The van der Waals surface area contributed by atoms with E-state index in [9.17, 15) is 4.79 Å². The van der Waals surface area contributed by atoms with E-state index in [0.717, 1.165) is 25.0 Å². The summed E-state index contributed by atoms with van der Waals surface area (Å²) in [4.78, 5) is 12.1. The summed E-state index contributed by atoms with van der Waals surface area (Å²) in [6.45, 7) is 3.24. The van der Waals surface area contributed by atoms with Crippen molar-refractivity contribution in [3.8, 4) is 11.5 Å². The largest absolute Gasteiger partial charge is 0.489 e. The maximum Gasteiger partial charge on any atom is 0.262 e. The number of carbonyl (C=O) groups is 1. The lowest BCUT2D eigenvalue weighted by Gasteiger charge is -2.15. The van der Waals surface area contributed by atoms with Gasteiger partial charge in [0.1, 0.15) is 18.1 Å². The first-order chi connectivity index (χ1) is 12.2. The van der Waals surface area contributed by atoms with E-state index >= 15 is 0 Å². The van der Waals surface area contributed by atoms with Gasteiger partial charge < -0.3 is 19.5 Å². The SMILES string of the molecule is Cc1ccc(OCC(=O)Nc2ccccc2OCC2CCCO2)cc1. The number of ether oxygens (including phenoxy) is 3. The molecule has 0 bridgehead atoms. The van der Waals surface area contributed by atoms with Gasteiger partial charge in [-0.15, -0.1) is 0 Å². The third-order valence-corrected chi connectivity index (χ3v) is 4.00. The van der Waals surface area contributed by atoms with E-state index in [2.05, 4.69) is 5.32 Å². The van der Waals surface area contributed by atoms with Crippen LogP contribution in [0.25, 0.3) is 0 Å². The summed E-state index contributed by atoms with van der Waals surface area (Å²) in [7, 11) is 0. The molecular weight excluding hydrogens is 318 g/mol. The highest BCUT2D eigenvalue weighted by Crippen LogP contribution is 2.25. The van der Waals surface area contributed by atoms with Gasteiger partial charge in [0.05, 0.1) is 11.8 Å². The molecule has 132 valence electrons. The molecule has 2 aromatic rings. The quantitative estimate of drug-likeness (QED) is 0.836. The van der Waals surface area contributed by atoms with Gasteiger partial charge >= 0.3 is 0 Å². The molecule has 0 aliphatic carbocycles. The normalized spacial score (nSPS) is 16.4. The van der Waals surface area contributed by atoms with Gasteiger partial charge in [-0.25, -0.2) is 0 Å². The Labute approximate surface area is 147 Å². The molecule has 0 spiro atoms. The molecular formula is C20H23NO4. The lowest BCUT2D eigenvalue weighted by atomic mass is 10.2. The van der Waals surface area contributed by atoms with E-state index in [0.29, 0.717) is 23.8 Å². The second-order valence-electron chi connectivity index (χ2n) is 6.09. The summed E-state index contributed by atoms with van der Waals surface area (Å²) in [5.41, 5.74) is 1.78. The molecule has 1 aliphatic rings. The Hall–Kier alpha value is -2.53. The van der Waals surface area contributed by atoms with Crippen molar-refractivity contribution in [1.29, 1.82) is 0 Å². The number of rotatable bonds is 7. The summed E-state index contributed by atoms with van der Waals surface area (Å²) in [6.07, 6.45) is 2.22. The number of carbonyl (C=O) groups excluding carboxylic acids is 1. The van der Waals surface area contributed by atoms with E-state index in [4.69, 9.17) is 14.2 Å². The van der Waals surface area contributed by atoms with Gasteiger partial charge in [-0.05, 0) is 44.0 Å². The van der Waals surface area contributed by atoms with Crippen LogP contribution in [-0.4, -0.2) is 31.8 Å². The summed E-state index contributed by atoms with van der Waals surface area (Å²) >= 11 is 0. The fourth-order valence-corrected chi connectivity index (χ4v) is 2.62. The van der Waals surface area contributed by atoms with Crippen LogP contribution in [0.1, 0.15) is 18.4 Å². The second kappa shape index (κ2) is 8.53. The predicted octanol–water partition coefficient (Wildman–Crippen LogP) is 3.57. The van der Waals surface area contributed by atoms with Crippen molar-refractivity contribution in [2.75, 3.05) is 25.1 Å². The van der Waals surface area contributed by atoms with E-state index in [1.54, 1.807) is 0 Å². The lowest BCUT2D eigenvalue weighted by molar-refractivity contribution is -0.118. The third-order valence-electron chi connectivity index (χ3n) is 4.00. The number of nitrogens with one attached hydrogen (secondary N) is 1. The van der Waals surface area contributed by atoms with Crippen molar-refractivity contribution in [3.63, 3.8) is 0 Å². The molecule has 1 amide bonds. The summed E-state index contributed by atoms with van der Waals surface area (Å²) in [6, 6.07) is 15.0. The van der Waals surface area contributed by atoms with E-state index in [1.807, 2.05) is 55.5 Å². The minimum atomic E-state index is -0.228. The van der Waals surface area contributed by atoms with Crippen molar-refractivity contribution in [1.82, 2.24) is 0 Å². The van der Waals surface area contributed by atoms with Gasteiger partial charge in [-0.3, -0.25) is 4.79 Å². The van der Waals surface area contributed by atoms with Crippen molar-refractivity contribution >= 4 is 11.6 Å². The maximum absolute atomic E-state index is 12.1. The molecule has 1 aliphatic heterocycles. The Kier molecular flexibility index (Phi) is 5.90. The standard InChI is InChI=1S/C20H23NO4/c1-15-8-10-16(11-9-15)24-14-20(22)21-18-6-2-3-7-19(18)25-13-17-5-4-12-23-17/h2-3,6-11,17H,4-5,12-14H2,1H3,(H,21,22). The number of hydrogen-bond donors (Lipinski definition) is 1. The number of para-hydroxylation sites is 2. The molecule has 1 fully saturated rings. The monoisotopic (exact) mass is 341 g/mol. The van der Waals surface area contributed by atoms with Crippen LogP contribution in [0.2, 0.25) is 0 Å². The summed E-state index contributed by atoms with van der Waals surface area (Å²) in [5.74, 6) is 1.08. The molecule has 1 saturated heterocycles. The number of anilines is 1. The van der Waals surface area contributed by atoms with E-state index < -0.39 is 0 Å². The highest BCUT2D eigenvalue weighted by molar-refractivity contribution is 5.93. The van der Waals surface area contributed by atoms with Crippen LogP contribution in [0, 0.1) is 6.92 Å². The fourth-order valence-electron chi connectivity index (χ4n) is 2.62. The van der Waals surface area contributed by atoms with Crippen molar-refractivity contribution in [3.05, 3.63) is 54.1 Å². The van der Waals surface area contributed by atoms with Crippen molar-refractivity contribution < 1.29 is 19.0 Å². The van der Waals surface area contributed by atoms with Crippen LogP contribution in [0.4, 0.5) is 5.69 Å². The first kappa shape index (κ1) is 17.3. The average Bonchev–Trinajstić information content (AvgIpc) is 3.14. The van der Waals surface area contributed by atoms with Crippen molar-refractivity contribution in [2.45, 2.75) is 25.9 Å². The minimum Gasteiger partial charge on any atom is -0.489 e. The van der Waals surface area contributed by atoms with Gasteiger partial charge in [0.15, 0.2) is 6.61 Å². The number of benzene rings is 2. The van der Waals surface area contributed by atoms with Gasteiger partial charge in [0.2, 0.25) is 0 Å². The minimum absolute atomic E-state index is 0.0524. The first-order valence-corrected chi connectivity index (χ1v) is 8.53. The van der Waals surface area contributed by atoms with Gasteiger partial charge in [-0.1, -0.05) is 29.8 Å². The Morgan fingerprint density at radius 3 is 2.72 bits per heavy atom. The molecule has 5 heteroatoms. The Bertz CT molecular complexity index is 693. The van der Waals surface area contributed by atoms with Crippen LogP contribution in [0.15, 0.2) is 48.5 Å². The molecule has 25 heavy (non-hydrogen) atoms. The van der Waals surface area contributed by atoms with Crippen LogP contribution < -0.4 is 14.8 Å². The molecule has 0 radical (unpaired) electrons. The highest BCUT2D eigenvalue weighted by Gasteiger charge is 2.17. The van der Waals surface area contributed by atoms with Gasteiger partial charge in [0.25, 0.3) is 5.91 Å². The number of aryl methyl sites for hydroxylation is 1. The molecule has 0 aromatic heterocycles. The van der Waals surface area contributed by atoms with E-state index in [-0.39, 0.29) is 18.6 Å². The first-order valence-electron chi connectivity index (χ1n) is 8.53. The highest BCUT2D eigenvalue weighted by atomic mass is 16.5. The van der Waals surface area contributed by atoms with Crippen molar-refractivity contribution in [2.24, 2.45) is 0 Å². The zero-order valence-electron chi connectivity index (χ0n) is 14.4. The molecule has 1 unspecified atom stereocenters. The number of amides is 1. The molecule has 1 atom stereocenters. The zero-order valence-corrected chi connectivity index (χ0v) is 14.4. The molecule has 5 nitrogen and oxygen atoms in total. The Balaban J connectivity index is 1.52. The van der Waals surface area contributed by atoms with Crippen LogP contribution in [-0.2, 0) is 9.53 Å². The van der Waals surface area contributed by atoms with Gasteiger partial charge in [0, 0.05) is 6.61 Å². The molecule has 1 N–H and O–H groups in total. The van der Waals surface area contributed by atoms with Crippen LogP contribution in [0.5, 0.6) is 11.5 Å². The zero-order chi connectivity index (χ0) is 17.5. The van der Waals surface area contributed by atoms with Crippen LogP contribution >= 0.6 is 0 Å². The Morgan fingerprint density at radius 1 is 1.16 bits per heavy atom. The molecule has 1 heterocycles. The summed E-state index contributed by atoms with van der Waals surface area (Å²) in [5, 5.41) is 2.84. The molecule has 3 rings (SSSR count). The average molecular weight is 341 g/mol. The Morgan fingerprint density at radius 2 is 1.96 bits per heavy atom. The number of hydrogen-bond acceptors (Lipinski definition) is 4.